The van der Waals surface area contributed by atoms with Gasteiger partial charge in [-0.15, -0.1) is 0 Å². The van der Waals surface area contributed by atoms with Gasteiger partial charge in [0.25, 0.3) is 7.82 Å². The molecule has 0 saturated carbocycles. The lowest BCUT2D eigenvalue weighted by molar-refractivity contribution is -0.870. The van der Waals surface area contributed by atoms with Gasteiger partial charge < -0.3 is 23.3 Å². The van der Waals surface area contributed by atoms with Crippen LogP contribution in [0.25, 0.3) is 0 Å². The van der Waals surface area contributed by atoms with Gasteiger partial charge in [0.15, 0.2) is 0 Å². The number of likely N-dealkylation sites (tertiary alicyclic amines) is 1. The number of nitrogens with zero attached hydrogens (tertiary/aromatic N) is 2. The molecular formula is C22H43N2O5P. The number of amides is 1. The molecule has 7 nitrogen and oxygen atoms in total. The molecular weight excluding hydrogens is 403 g/mol. The van der Waals surface area contributed by atoms with Gasteiger partial charge in [-0.3, -0.25) is 9.36 Å². The van der Waals surface area contributed by atoms with Gasteiger partial charge in [-0.1, -0.05) is 51.2 Å². The zero-order valence-electron chi connectivity index (χ0n) is 19.5. The smallest absolute Gasteiger partial charge is 0.268 e. The van der Waals surface area contributed by atoms with E-state index in [1.165, 1.54) is 38.5 Å². The number of phosphoric ester groups is 1. The summed E-state index contributed by atoms with van der Waals surface area (Å²) in [6, 6.07) is 0. The molecule has 0 aromatic heterocycles. The Balaban J connectivity index is 2.16. The molecule has 8 heteroatoms. The molecule has 0 radical (unpaired) electrons. The summed E-state index contributed by atoms with van der Waals surface area (Å²) < 4.78 is 22.5. The van der Waals surface area contributed by atoms with Gasteiger partial charge in [-0.05, 0) is 19.3 Å². The van der Waals surface area contributed by atoms with Crippen molar-refractivity contribution in [3.05, 3.63) is 12.2 Å². The summed E-state index contributed by atoms with van der Waals surface area (Å²) in [5.74, 6) is 0.131. The van der Waals surface area contributed by atoms with Crippen LogP contribution in [-0.4, -0.2) is 69.3 Å². The highest BCUT2D eigenvalue weighted by Gasteiger charge is 2.27. The Morgan fingerprint density at radius 2 is 1.83 bits per heavy atom. The van der Waals surface area contributed by atoms with E-state index >= 15 is 0 Å². The molecule has 176 valence electrons. The van der Waals surface area contributed by atoms with Crippen LogP contribution in [0.5, 0.6) is 0 Å². The molecule has 1 aliphatic heterocycles. The first kappa shape index (κ1) is 27.3. The lowest BCUT2D eigenvalue weighted by atomic mass is 10.1. The number of quaternary nitrogens is 1. The highest BCUT2D eigenvalue weighted by Crippen LogP contribution is 2.39. The lowest BCUT2D eigenvalue weighted by Crippen LogP contribution is -2.37. The number of phosphoric acid groups is 1. The van der Waals surface area contributed by atoms with Crippen molar-refractivity contribution < 1.29 is 27.8 Å². The summed E-state index contributed by atoms with van der Waals surface area (Å²) in [6.45, 7) is 4.17. The molecule has 0 aliphatic carbocycles. The van der Waals surface area contributed by atoms with Crippen molar-refractivity contribution in [1.82, 2.24) is 4.90 Å². The van der Waals surface area contributed by atoms with Crippen LogP contribution >= 0.6 is 7.82 Å². The minimum Gasteiger partial charge on any atom is -0.756 e. The maximum absolute atomic E-state index is 12.3. The number of carbonyl (C=O) groups excluding carboxylic acids is 1. The number of likely N-dealkylation sites (N-methyl/N-ethyl adjacent to an activating group) is 1. The van der Waals surface area contributed by atoms with Crippen molar-refractivity contribution >= 4 is 13.7 Å². The second-order valence-electron chi connectivity index (χ2n) is 9.32. The van der Waals surface area contributed by atoms with Gasteiger partial charge >= 0.3 is 0 Å². The van der Waals surface area contributed by atoms with Gasteiger partial charge in [-0.25, -0.2) is 0 Å². The van der Waals surface area contributed by atoms with Crippen LogP contribution in [0.15, 0.2) is 12.2 Å². The first-order valence-electron chi connectivity index (χ1n) is 11.5. The molecule has 1 unspecified atom stereocenters. The molecule has 0 aromatic carbocycles. The third-order valence-electron chi connectivity index (χ3n) is 5.30. The fraction of sp³-hybridized carbons (Fsp3) is 0.864. The Morgan fingerprint density at radius 1 is 1.13 bits per heavy atom. The Labute approximate surface area is 183 Å². The quantitative estimate of drug-likeness (QED) is 0.156. The predicted octanol–water partition coefficient (Wildman–Crippen LogP) is 3.74. The van der Waals surface area contributed by atoms with E-state index in [1.807, 2.05) is 27.2 Å². The average Bonchev–Trinajstić information content (AvgIpc) is 3.13. The van der Waals surface area contributed by atoms with Crippen LogP contribution in [0.2, 0.25) is 0 Å². The summed E-state index contributed by atoms with van der Waals surface area (Å²) in [6.07, 6.45) is 13.9. The maximum atomic E-state index is 12.3. The van der Waals surface area contributed by atoms with Crippen molar-refractivity contribution in [2.45, 2.75) is 64.7 Å². The number of unbranched alkanes of at least 4 members (excludes halogenated alkanes) is 6. The van der Waals surface area contributed by atoms with E-state index in [2.05, 4.69) is 13.0 Å². The van der Waals surface area contributed by atoms with Crippen LogP contribution in [-0.2, 0) is 18.4 Å². The SMILES string of the molecule is CCCCCCCC/C=C\CC(=O)N1CC[C@@H](COP(=O)([O-])OCC[N+](C)(C)C)C1. The highest BCUT2D eigenvalue weighted by molar-refractivity contribution is 7.45. The van der Waals surface area contributed by atoms with E-state index in [9.17, 15) is 14.3 Å². The minimum absolute atomic E-state index is 0.0327. The molecule has 30 heavy (non-hydrogen) atoms. The fourth-order valence-electron chi connectivity index (χ4n) is 3.33. The molecule has 2 atom stereocenters. The molecule has 1 aliphatic rings. The average molecular weight is 447 g/mol. The first-order valence-corrected chi connectivity index (χ1v) is 12.9. The van der Waals surface area contributed by atoms with Gasteiger partial charge in [0, 0.05) is 25.4 Å². The highest BCUT2D eigenvalue weighted by atomic mass is 31.2. The molecule has 1 amide bonds. The van der Waals surface area contributed by atoms with Crippen molar-refractivity contribution in [2.75, 3.05) is 54.0 Å². The first-order chi connectivity index (χ1) is 14.1. The predicted molar refractivity (Wildman–Crippen MR) is 119 cm³/mol. The molecule has 1 rings (SSSR count). The lowest BCUT2D eigenvalue weighted by Gasteiger charge is -2.27. The molecule has 0 spiro atoms. The summed E-state index contributed by atoms with van der Waals surface area (Å²) >= 11 is 0. The fourth-order valence-corrected chi connectivity index (χ4v) is 4.10. The van der Waals surface area contributed by atoms with Crippen LogP contribution < -0.4 is 4.89 Å². The standard InChI is InChI=1S/C22H43N2O5P/c1-5-6-7-8-9-10-11-12-13-14-22(25)23-16-15-21(19-23)20-29-30(26,27)28-18-17-24(2,3)4/h12-13,21H,5-11,14-20H2,1-4H3/b13-12-/t21-/m1/s1. The largest absolute Gasteiger partial charge is 0.756 e. The molecule has 1 fully saturated rings. The van der Waals surface area contributed by atoms with E-state index in [0.29, 0.717) is 30.5 Å². The maximum Gasteiger partial charge on any atom is 0.268 e. The van der Waals surface area contributed by atoms with Crippen molar-refractivity contribution in [3.8, 4) is 0 Å². The second-order valence-corrected chi connectivity index (χ2v) is 10.7. The van der Waals surface area contributed by atoms with E-state index in [-0.39, 0.29) is 25.0 Å². The summed E-state index contributed by atoms with van der Waals surface area (Å²) in [4.78, 5) is 26.0. The third-order valence-corrected chi connectivity index (χ3v) is 6.27. The molecule has 0 N–H and O–H groups in total. The van der Waals surface area contributed by atoms with Crippen molar-refractivity contribution in [1.29, 1.82) is 0 Å². The van der Waals surface area contributed by atoms with Gasteiger partial charge in [0.1, 0.15) is 13.2 Å². The number of rotatable bonds is 16. The zero-order valence-corrected chi connectivity index (χ0v) is 20.4. The number of hydrogen-bond donors (Lipinski definition) is 0. The van der Waals surface area contributed by atoms with E-state index in [4.69, 9.17) is 9.05 Å². The minimum atomic E-state index is -4.29. The van der Waals surface area contributed by atoms with Crippen LogP contribution in [0, 0.1) is 5.92 Å². The Bertz CT molecular complexity index is 562. The van der Waals surface area contributed by atoms with E-state index in [0.717, 1.165) is 12.8 Å². The second kappa shape index (κ2) is 14.4. The third kappa shape index (κ3) is 13.6. The normalized spacial score (nSPS) is 19.5. The van der Waals surface area contributed by atoms with E-state index < -0.39 is 7.82 Å². The Hall–Kier alpha value is -0.720. The van der Waals surface area contributed by atoms with E-state index in [1.54, 1.807) is 4.90 Å². The Kier molecular flexibility index (Phi) is 13.1. The Morgan fingerprint density at radius 3 is 2.53 bits per heavy atom. The van der Waals surface area contributed by atoms with Gasteiger partial charge in [0.2, 0.25) is 5.91 Å². The molecule has 1 saturated heterocycles. The summed E-state index contributed by atoms with van der Waals surface area (Å²) in [5, 5.41) is 0. The topological polar surface area (TPSA) is 78.9 Å². The summed E-state index contributed by atoms with van der Waals surface area (Å²) in [5.41, 5.74) is 0. The van der Waals surface area contributed by atoms with Crippen LogP contribution in [0.3, 0.4) is 0 Å². The van der Waals surface area contributed by atoms with Crippen LogP contribution in [0.4, 0.5) is 0 Å². The monoisotopic (exact) mass is 446 g/mol. The van der Waals surface area contributed by atoms with Gasteiger partial charge in [0.05, 0.1) is 27.7 Å². The zero-order chi connectivity index (χ0) is 22.5. The molecule has 0 aromatic rings. The van der Waals surface area contributed by atoms with Gasteiger partial charge in [-0.2, -0.15) is 0 Å². The number of allylic oxidation sites excluding steroid dienone is 1. The van der Waals surface area contributed by atoms with Crippen molar-refractivity contribution in [3.63, 3.8) is 0 Å². The summed E-state index contributed by atoms with van der Waals surface area (Å²) in [7, 11) is 1.61. The molecule has 1 heterocycles. The van der Waals surface area contributed by atoms with Crippen LogP contribution in [0.1, 0.15) is 64.7 Å². The van der Waals surface area contributed by atoms with Crippen molar-refractivity contribution in [2.24, 2.45) is 5.92 Å². The molecule has 0 bridgehead atoms. The number of hydrogen-bond acceptors (Lipinski definition) is 5. The number of carbonyl (C=O) groups is 1.